The lowest BCUT2D eigenvalue weighted by Crippen LogP contribution is -1.87. The molecule has 2 nitrogen and oxygen atoms in total. The van der Waals surface area contributed by atoms with E-state index < -0.39 is 0 Å². The summed E-state index contributed by atoms with van der Waals surface area (Å²) in [7, 11) is 0. The van der Waals surface area contributed by atoms with Crippen LogP contribution in [0.3, 0.4) is 0 Å². The van der Waals surface area contributed by atoms with Crippen LogP contribution in [0.25, 0.3) is 0 Å². The molecule has 0 aliphatic carbocycles. The lowest BCUT2D eigenvalue weighted by molar-refractivity contribution is 0.132. The maximum absolute atomic E-state index is 5.22. The molecule has 2 aromatic rings. The maximum Gasteiger partial charge on any atom is 0.142 e. The molecule has 0 saturated carbocycles. The Labute approximate surface area is 99.2 Å². The standard InChI is InChI=1S/C13H13NOS/c1-11-7-8-16-13(11)9-14-15-10-12-5-3-2-4-6-12/h2-9H,10H2,1H3/b14-9+. The minimum absolute atomic E-state index is 0.516. The summed E-state index contributed by atoms with van der Waals surface area (Å²) in [6.07, 6.45) is 1.77. The van der Waals surface area contributed by atoms with Crippen LogP contribution in [0.2, 0.25) is 0 Å². The van der Waals surface area contributed by atoms with Gasteiger partial charge in [0.05, 0.1) is 11.1 Å². The predicted molar refractivity (Wildman–Crippen MR) is 67.9 cm³/mol. The molecule has 3 heteroatoms. The summed E-state index contributed by atoms with van der Waals surface area (Å²) in [4.78, 5) is 6.37. The second-order valence-corrected chi connectivity index (χ2v) is 4.41. The highest BCUT2D eigenvalue weighted by Gasteiger charge is 1.95. The van der Waals surface area contributed by atoms with Crippen molar-refractivity contribution in [1.82, 2.24) is 0 Å². The predicted octanol–water partition coefficient (Wildman–Crippen LogP) is 3.61. The highest BCUT2D eigenvalue weighted by atomic mass is 32.1. The summed E-state index contributed by atoms with van der Waals surface area (Å²) in [5.74, 6) is 0. The number of hydrogen-bond acceptors (Lipinski definition) is 3. The number of benzene rings is 1. The summed E-state index contributed by atoms with van der Waals surface area (Å²) < 4.78 is 0. The van der Waals surface area contributed by atoms with Crippen molar-refractivity contribution in [3.8, 4) is 0 Å². The summed E-state index contributed by atoms with van der Waals surface area (Å²) >= 11 is 1.67. The van der Waals surface area contributed by atoms with Crippen LogP contribution >= 0.6 is 11.3 Å². The van der Waals surface area contributed by atoms with Crippen LogP contribution in [0.4, 0.5) is 0 Å². The molecule has 1 aromatic heterocycles. The first-order chi connectivity index (χ1) is 7.86. The monoisotopic (exact) mass is 231 g/mol. The van der Waals surface area contributed by atoms with Crippen LogP contribution in [-0.4, -0.2) is 6.21 Å². The van der Waals surface area contributed by atoms with Crippen LogP contribution in [0.5, 0.6) is 0 Å². The van der Waals surface area contributed by atoms with Gasteiger partial charge in [0, 0.05) is 0 Å². The molecule has 0 bridgehead atoms. The third-order valence-corrected chi connectivity index (χ3v) is 3.17. The Bertz CT molecular complexity index is 462. The Balaban J connectivity index is 1.85. The molecule has 0 spiro atoms. The maximum atomic E-state index is 5.22. The Morgan fingerprint density at radius 1 is 1.25 bits per heavy atom. The first kappa shape index (κ1) is 10.9. The smallest absolute Gasteiger partial charge is 0.142 e. The topological polar surface area (TPSA) is 21.6 Å². The third kappa shape index (κ3) is 2.94. The van der Waals surface area contributed by atoms with Crippen molar-refractivity contribution in [3.05, 3.63) is 57.8 Å². The van der Waals surface area contributed by atoms with E-state index in [-0.39, 0.29) is 0 Å². The van der Waals surface area contributed by atoms with Gasteiger partial charge in [-0.05, 0) is 29.5 Å². The van der Waals surface area contributed by atoms with E-state index in [1.54, 1.807) is 17.6 Å². The minimum Gasteiger partial charge on any atom is -0.391 e. The molecular weight excluding hydrogens is 218 g/mol. The highest BCUT2D eigenvalue weighted by molar-refractivity contribution is 7.11. The van der Waals surface area contributed by atoms with Crippen molar-refractivity contribution < 1.29 is 4.84 Å². The summed E-state index contributed by atoms with van der Waals surface area (Å²) in [5.41, 5.74) is 2.36. The molecule has 0 aliphatic heterocycles. The molecule has 0 saturated heterocycles. The molecule has 16 heavy (non-hydrogen) atoms. The van der Waals surface area contributed by atoms with Gasteiger partial charge in [-0.2, -0.15) is 0 Å². The third-order valence-electron chi connectivity index (χ3n) is 2.22. The van der Waals surface area contributed by atoms with Crippen LogP contribution in [0.15, 0.2) is 46.9 Å². The number of nitrogens with zero attached hydrogens (tertiary/aromatic N) is 1. The van der Waals surface area contributed by atoms with Crippen molar-refractivity contribution in [1.29, 1.82) is 0 Å². The molecule has 1 heterocycles. The molecule has 0 amide bonds. The average molecular weight is 231 g/mol. The van der Waals surface area contributed by atoms with E-state index in [0.717, 1.165) is 10.4 Å². The molecule has 82 valence electrons. The normalized spacial score (nSPS) is 10.8. The quantitative estimate of drug-likeness (QED) is 0.582. The fourth-order valence-corrected chi connectivity index (χ4v) is 2.06. The van der Waals surface area contributed by atoms with Gasteiger partial charge in [0.2, 0.25) is 0 Å². The van der Waals surface area contributed by atoms with Gasteiger partial charge in [-0.3, -0.25) is 0 Å². The molecule has 0 N–H and O–H groups in total. The van der Waals surface area contributed by atoms with E-state index in [9.17, 15) is 0 Å². The van der Waals surface area contributed by atoms with Gasteiger partial charge >= 0.3 is 0 Å². The van der Waals surface area contributed by atoms with E-state index in [0.29, 0.717) is 6.61 Å². The highest BCUT2D eigenvalue weighted by Crippen LogP contribution is 2.12. The zero-order valence-electron chi connectivity index (χ0n) is 9.09. The zero-order valence-corrected chi connectivity index (χ0v) is 9.91. The Kier molecular flexibility index (Phi) is 3.72. The first-order valence-electron chi connectivity index (χ1n) is 5.09. The summed E-state index contributed by atoms with van der Waals surface area (Å²) in [6, 6.07) is 12.1. The number of hydrogen-bond donors (Lipinski definition) is 0. The second-order valence-electron chi connectivity index (χ2n) is 3.46. The molecule has 0 fully saturated rings. The molecular formula is C13H13NOS. The first-order valence-corrected chi connectivity index (χ1v) is 5.97. The Morgan fingerprint density at radius 3 is 2.75 bits per heavy atom. The summed E-state index contributed by atoms with van der Waals surface area (Å²) in [5, 5.41) is 6.00. The van der Waals surface area contributed by atoms with Crippen molar-refractivity contribution in [2.45, 2.75) is 13.5 Å². The van der Waals surface area contributed by atoms with Crippen LogP contribution in [0.1, 0.15) is 16.0 Å². The average Bonchev–Trinajstić information content (AvgIpc) is 2.72. The molecule has 1 aromatic carbocycles. The van der Waals surface area contributed by atoms with Crippen LogP contribution in [0, 0.1) is 6.92 Å². The van der Waals surface area contributed by atoms with Gasteiger partial charge in [0.1, 0.15) is 6.61 Å². The lowest BCUT2D eigenvalue weighted by atomic mass is 10.2. The minimum atomic E-state index is 0.516. The van der Waals surface area contributed by atoms with Gasteiger partial charge in [-0.15, -0.1) is 11.3 Å². The van der Waals surface area contributed by atoms with Crippen molar-refractivity contribution in [2.75, 3.05) is 0 Å². The lowest BCUT2D eigenvalue weighted by Gasteiger charge is -1.98. The largest absolute Gasteiger partial charge is 0.391 e. The van der Waals surface area contributed by atoms with E-state index >= 15 is 0 Å². The van der Waals surface area contributed by atoms with E-state index in [1.165, 1.54) is 5.56 Å². The number of thiophene rings is 1. The van der Waals surface area contributed by atoms with Crippen LogP contribution < -0.4 is 0 Å². The SMILES string of the molecule is Cc1ccsc1/C=N/OCc1ccccc1. The van der Waals surface area contributed by atoms with Gasteiger partial charge in [0.15, 0.2) is 0 Å². The Morgan fingerprint density at radius 2 is 2.06 bits per heavy atom. The van der Waals surface area contributed by atoms with Gasteiger partial charge < -0.3 is 4.84 Å². The number of rotatable bonds is 4. The van der Waals surface area contributed by atoms with Gasteiger partial charge in [-0.1, -0.05) is 35.5 Å². The second kappa shape index (κ2) is 5.47. The van der Waals surface area contributed by atoms with E-state index in [1.807, 2.05) is 35.7 Å². The molecule has 0 atom stereocenters. The molecule has 0 unspecified atom stereocenters. The molecule has 2 rings (SSSR count). The zero-order chi connectivity index (χ0) is 11.2. The van der Waals surface area contributed by atoms with Crippen LogP contribution in [-0.2, 0) is 11.4 Å². The number of aryl methyl sites for hydroxylation is 1. The van der Waals surface area contributed by atoms with E-state index in [4.69, 9.17) is 4.84 Å². The van der Waals surface area contributed by atoms with Crippen molar-refractivity contribution in [2.24, 2.45) is 5.16 Å². The fourth-order valence-electron chi connectivity index (χ4n) is 1.29. The summed E-state index contributed by atoms with van der Waals surface area (Å²) in [6.45, 7) is 2.58. The van der Waals surface area contributed by atoms with Crippen molar-refractivity contribution >= 4 is 17.6 Å². The van der Waals surface area contributed by atoms with Crippen molar-refractivity contribution in [3.63, 3.8) is 0 Å². The number of oxime groups is 1. The van der Waals surface area contributed by atoms with Gasteiger partial charge in [0.25, 0.3) is 0 Å². The Hall–Kier alpha value is -1.61. The van der Waals surface area contributed by atoms with Gasteiger partial charge in [-0.25, -0.2) is 0 Å². The van der Waals surface area contributed by atoms with E-state index in [2.05, 4.69) is 18.1 Å². The fraction of sp³-hybridized carbons (Fsp3) is 0.154. The molecule has 0 aliphatic rings. The molecule has 0 radical (unpaired) electrons.